The number of halogens is 1. The molecule has 166 valence electrons. The number of piperidine rings is 1. The molecule has 8 nitrogen and oxygen atoms in total. The molecular weight excluding hydrogens is 409 g/mol. The van der Waals surface area contributed by atoms with Crippen molar-refractivity contribution in [1.82, 2.24) is 25.2 Å². The molecule has 0 saturated carbocycles. The normalized spacial score (nSPS) is 16.1. The van der Waals surface area contributed by atoms with Gasteiger partial charge in [-0.25, -0.2) is 9.37 Å². The Morgan fingerprint density at radius 1 is 1.28 bits per heavy atom. The summed E-state index contributed by atoms with van der Waals surface area (Å²) in [5.74, 6) is 0.0836. The van der Waals surface area contributed by atoms with Crippen LogP contribution in [0.1, 0.15) is 24.4 Å². The molecule has 3 aromatic rings. The predicted molar refractivity (Wildman–Crippen MR) is 121 cm³/mol. The number of imidazole rings is 1. The monoisotopic (exact) mass is 435 g/mol. The van der Waals surface area contributed by atoms with Gasteiger partial charge in [-0.05, 0) is 37.1 Å². The van der Waals surface area contributed by atoms with Crippen LogP contribution in [0.5, 0.6) is 0 Å². The van der Waals surface area contributed by atoms with E-state index in [0.717, 1.165) is 49.3 Å². The Bertz CT molecular complexity index is 1100. The number of aromatic amines is 1. The molecule has 1 saturated heterocycles. The first-order valence-corrected chi connectivity index (χ1v) is 10.6. The lowest BCUT2D eigenvalue weighted by Crippen LogP contribution is -2.35. The van der Waals surface area contributed by atoms with E-state index in [1.165, 1.54) is 30.7 Å². The first-order chi connectivity index (χ1) is 15.6. The molecule has 4 N–H and O–H groups in total. The Morgan fingerprint density at radius 2 is 2.09 bits per heavy atom. The maximum atomic E-state index is 13.6. The third-order valence-corrected chi connectivity index (χ3v) is 5.49. The first-order valence-electron chi connectivity index (χ1n) is 10.6. The lowest BCUT2D eigenvalue weighted by Gasteiger charge is -2.29. The number of aliphatic imine (C=N–C) groups is 1. The molecule has 9 heteroatoms. The molecule has 0 spiro atoms. The Labute approximate surface area is 185 Å². The highest BCUT2D eigenvalue weighted by molar-refractivity contribution is 6.12. The van der Waals surface area contributed by atoms with Crippen LogP contribution in [-0.4, -0.2) is 51.1 Å². The summed E-state index contributed by atoms with van der Waals surface area (Å²) in [6.45, 7) is 2.54. The number of carbonyl (C=O) groups is 1. The van der Waals surface area contributed by atoms with E-state index in [9.17, 15) is 9.18 Å². The fraction of sp³-hybridized carbons (Fsp3) is 0.304. The lowest BCUT2D eigenvalue weighted by atomic mass is 10.1. The quantitative estimate of drug-likeness (QED) is 0.389. The highest BCUT2D eigenvalue weighted by Gasteiger charge is 2.20. The summed E-state index contributed by atoms with van der Waals surface area (Å²) in [6, 6.07) is 10.9. The number of nitrogens with two attached hydrogens (primary N) is 1. The second-order valence-corrected chi connectivity index (χ2v) is 7.72. The summed E-state index contributed by atoms with van der Waals surface area (Å²) < 4.78 is 13.6. The van der Waals surface area contributed by atoms with Crippen molar-refractivity contribution in [1.29, 1.82) is 0 Å². The zero-order valence-corrected chi connectivity index (χ0v) is 17.7. The number of benzene rings is 1. The number of hydrogen-bond donors (Lipinski definition) is 3. The molecule has 1 aliphatic rings. The number of nitrogens with zero attached hydrogens (tertiary/aromatic N) is 4. The Morgan fingerprint density at radius 3 is 2.84 bits per heavy atom. The smallest absolute Gasteiger partial charge is 0.254 e. The number of para-hydroxylation sites is 2. The van der Waals surface area contributed by atoms with E-state index in [1.54, 1.807) is 0 Å². The third-order valence-electron chi connectivity index (χ3n) is 5.49. The van der Waals surface area contributed by atoms with Gasteiger partial charge < -0.3 is 16.0 Å². The molecule has 2 aromatic heterocycles. The minimum absolute atomic E-state index is 0.0170. The molecule has 1 aliphatic heterocycles. The highest BCUT2D eigenvalue weighted by Crippen LogP contribution is 2.17. The number of hydrogen-bond acceptors (Lipinski definition) is 6. The van der Waals surface area contributed by atoms with E-state index >= 15 is 0 Å². The van der Waals surface area contributed by atoms with Gasteiger partial charge in [0.25, 0.3) is 5.91 Å². The molecule has 3 heterocycles. The van der Waals surface area contributed by atoms with Crippen LogP contribution in [0.15, 0.2) is 59.4 Å². The summed E-state index contributed by atoms with van der Waals surface area (Å²) >= 11 is 0. The molecule has 0 atom stereocenters. The number of amides is 1. The van der Waals surface area contributed by atoms with Crippen molar-refractivity contribution < 1.29 is 9.18 Å². The number of nitrogens with one attached hydrogen (secondary N) is 2. The highest BCUT2D eigenvalue weighted by atomic mass is 19.1. The van der Waals surface area contributed by atoms with Crippen molar-refractivity contribution in [2.75, 3.05) is 13.1 Å². The standard InChI is InChI=1S/C23H26FN7O/c24-18-4-3-9-26-21(18)14-28-23(32)16(12-25)13-27-17-7-10-31(11-8-17)15-22-29-19-5-1-2-6-20(19)30-22/h1-6,9,12-13,17H,7-8,10-11,14-15,25H2,(H,28,32)(H,29,30). The molecule has 0 radical (unpaired) electrons. The van der Waals surface area contributed by atoms with Gasteiger partial charge in [-0.3, -0.25) is 19.7 Å². The SMILES string of the molecule is NC=C(C=NC1CCN(Cc2nc3ccccc3[nH]2)CC1)C(=O)NCc1ncccc1F. The summed E-state index contributed by atoms with van der Waals surface area (Å²) in [6.07, 6.45) is 5.96. The molecule has 1 fully saturated rings. The van der Waals surface area contributed by atoms with Crippen molar-refractivity contribution in [3.05, 3.63) is 71.7 Å². The lowest BCUT2D eigenvalue weighted by molar-refractivity contribution is -0.117. The van der Waals surface area contributed by atoms with Crippen LogP contribution in [0, 0.1) is 5.82 Å². The summed E-state index contributed by atoms with van der Waals surface area (Å²) in [4.78, 5) is 31.2. The summed E-state index contributed by atoms with van der Waals surface area (Å²) in [5.41, 5.74) is 8.05. The van der Waals surface area contributed by atoms with E-state index in [0.29, 0.717) is 0 Å². The maximum absolute atomic E-state index is 13.6. The van der Waals surface area contributed by atoms with Gasteiger partial charge in [-0.15, -0.1) is 0 Å². The third kappa shape index (κ3) is 5.36. The summed E-state index contributed by atoms with van der Waals surface area (Å²) in [5, 5.41) is 2.62. The van der Waals surface area contributed by atoms with Gasteiger partial charge >= 0.3 is 0 Å². The average Bonchev–Trinajstić information content (AvgIpc) is 3.22. The van der Waals surface area contributed by atoms with Crippen LogP contribution in [0.25, 0.3) is 11.0 Å². The maximum Gasteiger partial charge on any atom is 0.254 e. The van der Waals surface area contributed by atoms with Gasteiger partial charge in [0.1, 0.15) is 11.6 Å². The number of carbonyl (C=O) groups excluding carboxylic acids is 1. The van der Waals surface area contributed by atoms with Crippen molar-refractivity contribution in [2.24, 2.45) is 10.7 Å². The number of H-pyrrole nitrogens is 1. The summed E-state index contributed by atoms with van der Waals surface area (Å²) in [7, 11) is 0. The molecule has 4 rings (SSSR count). The zero-order chi connectivity index (χ0) is 22.3. The number of aromatic nitrogens is 3. The molecule has 32 heavy (non-hydrogen) atoms. The molecule has 0 aliphatic carbocycles. The fourth-order valence-corrected chi connectivity index (χ4v) is 3.70. The number of pyridine rings is 1. The number of fused-ring (bicyclic) bond motifs is 1. The zero-order valence-electron chi connectivity index (χ0n) is 17.7. The molecule has 0 bridgehead atoms. The van der Waals surface area contributed by atoms with Gasteiger partial charge in [0, 0.05) is 31.7 Å². The number of rotatable bonds is 7. The van der Waals surface area contributed by atoms with E-state index in [2.05, 4.69) is 30.2 Å². The van der Waals surface area contributed by atoms with Crippen LogP contribution in [0.4, 0.5) is 4.39 Å². The van der Waals surface area contributed by atoms with Gasteiger partial charge in [0.15, 0.2) is 0 Å². The molecular formula is C23H26FN7O. The minimum Gasteiger partial charge on any atom is -0.404 e. The predicted octanol–water partition coefficient (Wildman–Crippen LogP) is 2.29. The number of likely N-dealkylation sites (tertiary alicyclic amines) is 1. The largest absolute Gasteiger partial charge is 0.404 e. The van der Waals surface area contributed by atoms with Crippen molar-refractivity contribution in [3.63, 3.8) is 0 Å². The van der Waals surface area contributed by atoms with Gasteiger partial charge in [-0.2, -0.15) is 0 Å². The topological polar surface area (TPSA) is 112 Å². The van der Waals surface area contributed by atoms with Crippen LogP contribution in [0.2, 0.25) is 0 Å². The van der Waals surface area contributed by atoms with Crippen molar-refractivity contribution >= 4 is 23.2 Å². The second-order valence-electron chi connectivity index (χ2n) is 7.72. The van der Waals surface area contributed by atoms with E-state index < -0.39 is 11.7 Å². The Balaban J connectivity index is 1.25. The van der Waals surface area contributed by atoms with Gasteiger partial charge in [0.2, 0.25) is 0 Å². The second kappa shape index (κ2) is 10.1. The van der Waals surface area contributed by atoms with Crippen LogP contribution in [-0.2, 0) is 17.9 Å². The average molecular weight is 436 g/mol. The fourth-order valence-electron chi connectivity index (χ4n) is 3.70. The van der Waals surface area contributed by atoms with Crippen LogP contribution < -0.4 is 11.1 Å². The first kappa shape index (κ1) is 21.6. The van der Waals surface area contributed by atoms with Crippen LogP contribution >= 0.6 is 0 Å². The van der Waals surface area contributed by atoms with E-state index in [-0.39, 0.29) is 23.9 Å². The molecule has 1 amide bonds. The van der Waals surface area contributed by atoms with E-state index in [1.807, 2.05) is 24.3 Å². The Hall–Kier alpha value is -3.59. The minimum atomic E-state index is -0.464. The van der Waals surface area contributed by atoms with Gasteiger partial charge in [0.05, 0.1) is 41.4 Å². The van der Waals surface area contributed by atoms with Crippen molar-refractivity contribution in [2.45, 2.75) is 32.0 Å². The van der Waals surface area contributed by atoms with Gasteiger partial charge in [-0.1, -0.05) is 12.1 Å². The Kier molecular flexibility index (Phi) is 6.86. The van der Waals surface area contributed by atoms with Crippen molar-refractivity contribution in [3.8, 4) is 0 Å². The molecule has 1 aromatic carbocycles. The van der Waals surface area contributed by atoms with E-state index in [4.69, 9.17) is 5.73 Å². The van der Waals surface area contributed by atoms with Crippen LogP contribution in [0.3, 0.4) is 0 Å². The molecule has 0 unspecified atom stereocenters.